The number of nitrogens with zero attached hydrogens (tertiary/aromatic N) is 3. The number of aromatic nitrogens is 2. The van der Waals surface area contributed by atoms with Gasteiger partial charge in [0.25, 0.3) is 0 Å². The van der Waals surface area contributed by atoms with Crippen LogP contribution in [-0.4, -0.2) is 52.9 Å². The molecule has 26 heavy (non-hydrogen) atoms. The first-order chi connectivity index (χ1) is 12.6. The highest BCUT2D eigenvalue weighted by Crippen LogP contribution is 2.23. The Balaban J connectivity index is 1.30. The second kappa shape index (κ2) is 9.51. The van der Waals surface area contributed by atoms with E-state index < -0.39 is 0 Å². The second-order valence-electron chi connectivity index (χ2n) is 8.12. The standard InChI is InChI=1S/C20H34N4O2/c1-16(2)24-15-18(12-22-24)14-23-9-7-17(8-10-23)5-6-20(25)21-13-19-4-3-11-26-19/h12,15-17,19H,3-11,13-14H2,1-2H3,(H,21,25)/t19-/m0/s1. The van der Waals surface area contributed by atoms with Crippen LogP contribution in [0.3, 0.4) is 0 Å². The van der Waals surface area contributed by atoms with E-state index in [4.69, 9.17) is 4.74 Å². The molecule has 2 aliphatic heterocycles. The fraction of sp³-hybridized carbons (Fsp3) is 0.800. The topological polar surface area (TPSA) is 59.4 Å². The molecule has 6 nitrogen and oxygen atoms in total. The van der Waals surface area contributed by atoms with Crippen LogP contribution in [0.1, 0.15) is 64.0 Å². The van der Waals surface area contributed by atoms with Crippen molar-refractivity contribution >= 4 is 5.91 Å². The van der Waals surface area contributed by atoms with Crippen LogP contribution < -0.4 is 5.32 Å². The minimum absolute atomic E-state index is 0.184. The third-order valence-corrected chi connectivity index (χ3v) is 5.63. The Morgan fingerprint density at radius 2 is 2.15 bits per heavy atom. The average molecular weight is 363 g/mol. The van der Waals surface area contributed by atoms with Gasteiger partial charge in [-0.05, 0) is 65.0 Å². The van der Waals surface area contributed by atoms with Gasteiger partial charge < -0.3 is 10.1 Å². The van der Waals surface area contributed by atoms with Crippen LogP contribution in [0.15, 0.2) is 12.4 Å². The number of carbonyl (C=O) groups excluding carboxylic acids is 1. The van der Waals surface area contributed by atoms with Crippen molar-refractivity contribution < 1.29 is 9.53 Å². The number of hydrogen-bond donors (Lipinski definition) is 1. The van der Waals surface area contributed by atoms with E-state index in [2.05, 4.69) is 35.4 Å². The van der Waals surface area contributed by atoms with Crippen LogP contribution >= 0.6 is 0 Å². The van der Waals surface area contributed by atoms with Crippen LogP contribution in [-0.2, 0) is 16.1 Å². The number of hydrogen-bond acceptors (Lipinski definition) is 4. The molecular weight excluding hydrogens is 328 g/mol. The molecule has 0 aliphatic carbocycles. The summed E-state index contributed by atoms with van der Waals surface area (Å²) in [6.45, 7) is 9.06. The first-order valence-electron chi connectivity index (χ1n) is 10.2. The molecule has 0 saturated carbocycles. The van der Waals surface area contributed by atoms with E-state index in [1.165, 1.54) is 18.4 Å². The fourth-order valence-electron chi connectivity index (χ4n) is 3.89. The molecule has 0 unspecified atom stereocenters. The van der Waals surface area contributed by atoms with Gasteiger partial charge >= 0.3 is 0 Å². The van der Waals surface area contributed by atoms with E-state index in [1.807, 2.05) is 10.9 Å². The highest BCUT2D eigenvalue weighted by atomic mass is 16.5. The zero-order chi connectivity index (χ0) is 18.4. The van der Waals surface area contributed by atoms with E-state index >= 15 is 0 Å². The van der Waals surface area contributed by atoms with Crippen molar-refractivity contribution in [2.75, 3.05) is 26.2 Å². The first kappa shape index (κ1) is 19.4. The summed E-state index contributed by atoms with van der Waals surface area (Å²) in [5, 5.41) is 7.46. The van der Waals surface area contributed by atoms with Crippen LogP contribution in [0.5, 0.6) is 0 Å². The molecule has 6 heteroatoms. The Labute approximate surface area is 157 Å². The quantitative estimate of drug-likeness (QED) is 0.772. The Bertz CT molecular complexity index is 558. The number of carbonyl (C=O) groups is 1. The van der Waals surface area contributed by atoms with Crippen LogP contribution in [0, 0.1) is 5.92 Å². The van der Waals surface area contributed by atoms with Gasteiger partial charge in [-0.1, -0.05) is 0 Å². The van der Waals surface area contributed by atoms with Crippen molar-refractivity contribution in [3.63, 3.8) is 0 Å². The van der Waals surface area contributed by atoms with Crippen molar-refractivity contribution in [3.8, 4) is 0 Å². The molecule has 0 spiro atoms. The molecule has 3 heterocycles. The summed E-state index contributed by atoms with van der Waals surface area (Å²) in [6.07, 6.45) is 10.6. The summed E-state index contributed by atoms with van der Waals surface area (Å²) in [6, 6.07) is 0.417. The molecular formula is C20H34N4O2. The van der Waals surface area contributed by atoms with Gasteiger partial charge in [0, 0.05) is 43.9 Å². The second-order valence-corrected chi connectivity index (χ2v) is 8.12. The molecule has 2 aliphatic rings. The molecule has 1 aromatic rings. The maximum Gasteiger partial charge on any atom is 0.220 e. The number of likely N-dealkylation sites (tertiary alicyclic amines) is 1. The van der Waals surface area contributed by atoms with Crippen molar-refractivity contribution in [1.29, 1.82) is 0 Å². The summed E-state index contributed by atoms with van der Waals surface area (Å²) in [4.78, 5) is 14.5. The molecule has 1 atom stereocenters. The lowest BCUT2D eigenvalue weighted by atomic mass is 9.92. The minimum Gasteiger partial charge on any atom is -0.376 e. The Morgan fingerprint density at radius 3 is 2.81 bits per heavy atom. The van der Waals surface area contributed by atoms with Crippen molar-refractivity contribution in [2.24, 2.45) is 5.92 Å². The van der Waals surface area contributed by atoms with Gasteiger partial charge in [0.15, 0.2) is 0 Å². The lowest BCUT2D eigenvalue weighted by Gasteiger charge is -2.31. The monoisotopic (exact) mass is 362 g/mol. The number of amides is 1. The van der Waals surface area contributed by atoms with E-state index in [1.54, 1.807) is 0 Å². The maximum absolute atomic E-state index is 12.0. The highest BCUT2D eigenvalue weighted by molar-refractivity contribution is 5.75. The predicted molar refractivity (Wildman–Crippen MR) is 102 cm³/mol. The molecule has 2 saturated heterocycles. The van der Waals surface area contributed by atoms with Crippen LogP contribution in [0.2, 0.25) is 0 Å². The highest BCUT2D eigenvalue weighted by Gasteiger charge is 2.21. The molecule has 1 aromatic heterocycles. The average Bonchev–Trinajstić information content (AvgIpc) is 3.31. The first-order valence-corrected chi connectivity index (χ1v) is 10.2. The van der Waals surface area contributed by atoms with Gasteiger partial charge in [0.1, 0.15) is 0 Å². The molecule has 3 rings (SSSR count). The molecule has 1 amide bonds. The Kier molecular flexibility index (Phi) is 7.08. The third-order valence-electron chi connectivity index (χ3n) is 5.63. The van der Waals surface area contributed by atoms with Gasteiger partial charge in [0.05, 0.1) is 12.3 Å². The van der Waals surface area contributed by atoms with Gasteiger partial charge in [-0.3, -0.25) is 14.4 Å². The maximum atomic E-state index is 12.0. The van der Waals surface area contributed by atoms with Crippen LogP contribution in [0.25, 0.3) is 0 Å². The summed E-state index contributed by atoms with van der Waals surface area (Å²) in [7, 11) is 0. The molecule has 146 valence electrons. The third kappa shape index (κ3) is 5.81. The smallest absolute Gasteiger partial charge is 0.220 e. The zero-order valence-electron chi connectivity index (χ0n) is 16.3. The fourth-order valence-corrected chi connectivity index (χ4v) is 3.89. The van der Waals surface area contributed by atoms with Gasteiger partial charge in [-0.15, -0.1) is 0 Å². The van der Waals surface area contributed by atoms with E-state index in [9.17, 15) is 4.79 Å². The molecule has 2 fully saturated rings. The van der Waals surface area contributed by atoms with Gasteiger partial charge in [0.2, 0.25) is 5.91 Å². The van der Waals surface area contributed by atoms with E-state index in [0.29, 0.717) is 24.9 Å². The summed E-state index contributed by atoms with van der Waals surface area (Å²) in [5.41, 5.74) is 1.30. The molecule has 0 aromatic carbocycles. The van der Waals surface area contributed by atoms with E-state index in [-0.39, 0.29) is 12.0 Å². The largest absolute Gasteiger partial charge is 0.376 e. The van der Waals surface area contributed by atoms with Crippen LogP contribution in [0.4, 0.5) is 0 Å². The predicted octanol–water partition coefficient (Wildman–Crippen LogP) is 2.75. The SMILES string of the molecule is CC(C)n1cc(CN2CCC(CCC(=O)NC[C@@H]3CCCO3)CC2)cn1. The lowest BCUT2D eigenvalue weighted by Crippen LogP contribution is -2.34. The normalized spacial score (nSPS) is 22.2. The summed E-state index contributed by atoms with van der Waals surface area (Å²) >= 11 is 0. The minimum atomic E-state index is 0.184. The number of ether oxygens (including phenoxy) is 1. The zero-order valence-corrected chi connectivity index (χ0v) is 16.3. The Hall–Kier alpha value is -1.40. The number of nitrogens with one attached hydrogen (secondary N) is 1. The number of rotatable bonds is 8. The molecule has 1 N–H and O–H groups in total. The molecule has 0 radical (unpaired) electrons. The lowest BCUT2D eigenvalue weighted by molar-refractivity contribution is -0.122. The van der Waals surface area contributed by atoms with Gasteiger partial charge in [-0.2, -0.15) is 5.10 Å². The molecule has 0 bridgehead atoms. The van der Waals surface area contributed by atoms with Gasteiger partial charge in [-0.25, -0.2) is 0 Å². The van der Waals surface area contributed by atoms with Crippen molar-refractivity contribution in [2.45, 2.75) is 71.1 Å². The Morgan fingerprint density at radius 1 is 1.35 bits per heavy atom. The summed E-state index contributed by atoms with van der Waals surface area (Å²) in [5.74, 6) is 0.863. The van der Waals surface area contributed by atoms with E-state index in [0.717, 1.165) is 45.5 Å². The van der Waals surface area contributed by atoms with Crippen molar-refractivity contribution in [1.82, 2.24) is 20.0 Å². The summed E-state index contributed by atoms with van der Waals surface area (Å²) < 4.78 is 7.57. The van der Waals surface area contributed by atoms with Crippen molar-refractivity contribution in [3.05, 3.63) is 18.0 Å². The number of piperidine rings is 1.